The highest BCUT2D eigenvalue weighted by Gasteiger charge is 2.13. The minimum Gasteiger partial charge on any atom is -0.507 e. The van der Waals surface area contributed by atoms with Crippen molar-refractivity contribution in [3.8, 4) is 5.75 Å². The third-order valence-electron chi connectivity index (χ3n) is 3.02. The largest absolute Gasteiger partial charge is 0.507 e. The number of amides is 1. The van der Waals surface area contributed by atoms with Crippen LogP contribution in [-0.4, -0.2) is 55.3 Å². The van der Waals surface area contributed by atoms with Crippen LogP contribution in [0.25, 0.3) is 0 Å². The number of nitrogens with one attached hydrogen (secondary N) is 1. The van der Waals surface area contributed by atoms with Gasteiger partial charge in [-0.3, -0.25) is 9.69 Å². The standard InChI is InChI=1S/C13H17IN2O3/c14-10-1-2-12(17)11(9-10)13(18)15-3-4-16-5-7-19-8-6-16/h1-2,9,17H,3-8H2,(H,15,18). The molecule has 1 fully saturated rings. The Hall–Kier alpha value is -0.860. The summed E-state index contributed by atoms with van der Waals surface area (Å²) in [5, 5.41) is 12.5. The molecule has 6 heteroatoms. The lowest BCUT2D eigenvalue weighted by Crippen LogP contribution is -2.41. The molecule has 5 nitrogen and oxygen atoms in total. The number of aromatic hydroxyl groups is 1. The molecule has 1 aromatic carbocycles. The van der Waals surface area contributed by atoms with Crippen LogP contribution in [0, 0.1) is 3.57 Å². The van der Waals surface area contributed by atoms with Gasteiger partial charge in [0.25, 0.3) is 5.91 Å². The number of nitrogens with zero attached hydrogens (tertiary/aromatic N) is 1. The Morgan fingerprint density at radius 1 is 1.42 bits per heavy atom. The fraction of sp³-hybridized carbons (Fsp3) is 0.462. The number of carbonyl (C=O) groups excluding carboxylic acids is 1. The number of rotatable bonds is 4. The van der Waals surface area contributed by atoms with Crippen molar-refractivity contribution >= 4 is 28.5 Å². The topological polar surface area (TPSA) is 61.8 Å². The van der Waals surface area contributed by atoms with Gasteiger partial charge >= 0.3 is 0 Å². The van der Waals surface area contributed by atoms with Gasteiger partial charge in [-0.2, -0.15) is 0 Å². The zero-order valence-corrected chi connectivity index (χ0v) is 12.7. The average Bonchev–Trinajstić information content (AvgIpc) is 2.42. The Morgan fingerprint density at radius 2 is 2.16 bits per heavy atom. The predicted octanol–water partition coefficient (Wildman–Crippen LogP) is 1.06. The van der Waals surface area contributed by atoms with E-state index in [1.807, 2.05) is 0 Å². The predicted molar refractivity (Wildman–Crippen MR) is 80.4 cm³/mol. The molecule has 1 saturated heterocycles. The first-order valence-electron chi connectivity index (χ1n) is 6.23. The Labute approximate surface area is 126 Å². The number of morpholine rings is 1. The summed E-state index contributed by atoms with van der Waals surface area (Å²) >= 11 is 2.12. The fourth-order valence-electron chi connectivity index (χ4n) is 1.94. The summed E-state index contributed by atoms with van der Waals surface area (Å²) in [6.45, 7) is 4.70. The average molecular weight is 376 g/mol. The van der Waals surface area contributed by atoms with Crippen LogP contribution < -0.4 is 5.32 Å². The highest BCUT2D eigenvalue weighted by atomic mass is 127. The minimum absolute atomic E-state index is 0.0179. The third kappa shape index (κ3) is 4.32. The van der Waals surface area contributed by atoms with Crippen LogP contribution in [0.15, 0.2) is 18.2 Å². The summed E-state index contributed by atoms with van der Waals surface area (Å²) in [6.07, 6.45) is 0. The maximum absolute atomic E-state index is 11.9. The normalized spacial score (nSPS) is 16.3. The quantitative estimate of drug-likeness (QED) is 0.772. The van der Waals surface area contributed by atoms with E-state index < -0.39 is 0 Å². The van der Waals surface area contributed by atoms with E-state index in [9.17, 15) is 9.90 Å². The highest BCUT2D eigenvalue weighted by molar-refractivity contribution is 14.1. The van der Waals surface area contributed by atoms with Crippen LogP contribution in [-0.2, 0) is 4.74 Å². The summed E-state index contributed by atoms with van der Waals surface area (Å²) in [5.41, 5.74) is 0.328. The molecule has 19 heavy (non-hydrogen) atoms. The maximum Gasteiger partial charge on any atom is 0.255 e. The highest BCUT2D eigenvalue weighted by Crippen LogP contribution is 2.19. The lowest BCUT2D eigenvalue weighted by molar-refractivity contribution is 0.0383. The molecule has 0 spiro atoms. The fourth-order valence-corrected chi connectivity index (χ4v) is 2.43. The van der Waals surface area contributed by atoms with E-state index in [2.05, 4.69) is 32.8 Å². The maximum atomic E-state index is 11.9. The Morgan fingerprint density at radius 3 is 2.89 bits per heavy atom. The van der Waals surface area contributed by atoms with Crippen LogP contribution in [0.2, 0.25) is 0 Å². The molecule has 0 aromatic heterocycles. The van der Waals surface area contributed by atoms with Gasteiger partial charge in [0, 0.05) is 29.7 Å². The molecule has 0 atom stereocenters. The molecule has 1 amide bonds. The first-order chi connectivity index (χ1) is 9.16. The minimum atomic E-state index is -0.232. The van der Waals surface area contributed by atoms with Crippen molar-refractivity contribution in [3.05, 3.63) is 27.3 Å². The van der Waals surface area contributed by atoms with Crippen LogP contribution in [0.5, 0.6) is 5.75 Å². The number of hydrogen-bond acceptors (Lipinski definition) is 4. The molecule has 2 N–H and O–H groups in total. The van der Waals surface area contributed by atoms with E-state index in [-0.39, 0.29) is 11.7 Å². The molecule has 0 aliphatic carbocycles. The number of hydrogen-bond donors (Lipinski definition) is 2. The molecule has 1 aliphatic heterocycles. The van der Waals surface area contributed by atoms with Gasteiger partial charge in [-0.25, -0.2) is 0 Å². The van der Waals surface area contributed by atoms with Crippen LogP contribution in [0.4, 0.5) is 0 Å². The zero-order chi connectivity index (χ0) is 13.7. The SMILES string of the molecule is O=C(NCCN1CCOCC1)c1cc(I)ccc1O. The summed E-state index contributed by atoms with van der Waals surface area (Å²) in [5.74, 6) is -0.214. The van der Waals surface area contributed by atoms with E-state index in [1.165, 1.54) is 0 Å². The van der Waals surface area contributed by atoms with Gasteiger partial charge in [0.1, 0.15) is 5.75 Å². The second-order valence-corrected chi connectivity index (χ2v) is 5.62. The number of carbonyl (C=O) groups is 1. The molecule has 0 radical (unpaired) electrons. The summed E-state index contributed by atoms with van der Waals surface area (Å²) in [4.78, 5) is 14.2. The summed E-state index contributed by atoms with van der Waals surface area (Å²) in [6, 6.07) is 4.99. The van der Waals surface area contributed by atoms with Gasteiger partial charge in [0.05, 0.1) is 18.8 Å². The van der Waals surface area contributed by atoms with Crippen molar-refractivity contribution in [2.24, 2.45) is 0 Å². The lowest BCUT2D eigenvalue weighted by Gasteiger charge is -2.26. The van der Waals surface area contributed by atoms with Gasteiger partial charge in [-0.1, -0.05) is 0 Å². The van der Waals surface area contributed by atoms with Crippen LogP contribution in [0.1, 0.15) is 10.4 Å². The molecule has 0 bridgehead atoms. The second kappa shape index (κ2) is 7.06. The van der Waals surface area contributed by atoms with Crippen molar-refractivity contribution in [2.75, 3.05) is 39.4 Å². The first kappa shape index (κ1) is 14.5. The van der Waals surface area contributed by atoms with Crippen molar-refractivity contribution < 1.29 is 14.6 Å². The molecule has 0 unspecified atom stereocenters. The van der Waals surface area contributed by atoms with E-state index >= 15 is 0 Å². The van der Waals surface area contributed by atoms with Gasteiger partial charge in [-0.15, -0.1) is 0 Å². The Bertz CT molecular complexity index is 448. The molecular weight excluding hydrogens is 359 g/mol. The first-order valence-corrected chi connectivity index (χ1v) is 7.31. The van der Waals surface area contributed by atoms with Gasteiger partial charge in [0.2, 0.25) is 0 Å². The number of phenols is 1. The van der Waals surface area contributed by atoms with Crippen LogP contribution >= 0.6 is 22.6 Å². The Balaban J connectivity index is 1.82. The number of phenolic OH excluding ortho intramolecular Hbond substituents is 1. The van der Waals surface area contributed by atoms with Crippen molar-refractivity contribution in [1.29, 1.82) is 0 Å². The Kier molecular flexibility index (Phi) is 5.41. The molecule has 1 aromatic rings. The van der Waals surface area contributed by atoms with Crippen molar-refractivity contribution in [1.82, 2.24) is 10.2 Å². The smallest absolute Gasteiger partial charge is 0.255 e. The molecule has 1 aliphatic rings. The van der Waals surface area contributed by atoms with E-state index in [0.717, 1.165) is 36.4 Å². The van der Waals surface area contributed by atoms with Crippen molar-refractivity contribution in [2.45, 2.75) is 0 Å². The van der Waals surface area contributed by atoms with E-state index in [4.69, 9.17) is 4.74 Å². The summed E-state index contributed by atoms with van der Waals surface area (Å²) in [7, 11) is 0. The monoisotopic (exact) mass is 376 g/mol. The van der Waals surface area contributed by atoms with E-state index in [1.54, 1.807) is 18.2 Å². The van der Waals surface area contributed by atoms with E-state index in [0.29, 0.717) is 12.1 Å². The number of halogens is 1. The number of benzene rings is 1. The molecular formula is C13H17IN2O3. The van der Waals surface area contributed by atoms with Crippen LogP contribution in [0.3, 0.4) is 0 Å². The van der Waals surface area contributed by atoms with Crippen molar-refractivity contribution in [3.63, 3.8) is 0 Å². The zero-order valence-electron chi connectivity index (χ0n) is 10.6. The second-order valence-electron chi connectivity index (χ2n) is 4.37. The lowest BCUT2D eigenvalue weighted by atomic mass is 10.2. The third-order valence-corrected chi connectivity index (χ3v) is 3.69. The van der Waals surface area contributed by atoms with Gasteiger partial charge in [0.15, 0.2) is 0 Å². The molecule has 1 heterocycles. The van der Waals surface area contributed by atoms with Gasteiger partial charge < -0.3 is 15.2 Å². The summed E-state index contributed by atoms with van der Waals surface area (Å²) < 4.78 is 6.19. The molecule has 104 valence electrons. The number of ether oxygens (including phenoxy) is 1. The van der Waals surface area contributed by atoms with Gasteiger partial charge in [-0.05, 0) is 40.8 Å². The molecule has 0 saturated carbocycles. The molecule has 2 rings (SSSR count).